The average molecular weight is 1000 g/mol. The van der Waals surface area contributed by atoms with Crippen molar-refractivity contribution in [1.82, 2.24) is 0 Å². The van der Waals surface area contributed by atoms with Crippen LogP contribution in [0.15, 0.2) is 85.1 Å². The molecule has 0 radical (unpaired) electrons. The molecule has 0 saturated heterocycles. The first-order valence-corrected chi connectivity index (χ1v) is 29.8. The molecule has 0 aliphatic rings. The maximum absolute atomic E-state index is 12.8. The normalized spacial score (nSPS) is 14.0. The highest BCUT2D eigenvalue weighted by Gasteiger charge is 2.27. The Hall–Kier alpha value is -2.81. The lowest BCUT2D eigenvalue weighted by atomic mass is 10.0. The highest BCUT2D eigenvalue weighted by atomic mass is 31.2. The van der Waals surface area contributed by atoms with E-state index in [9.17, 15) is 19.0 Å². The second-order valence-corrected chi connectivity index (χ2v) is 21.4. The zero-order chi connectivity index (χ0) is 51.3. The molecule has 0 fully saturated rings. The molecule has 0 aromatic carbocycles. The summed E-state index contributed by atoms with van der Waals surface area (Å²) in [6.45, 7) is 4.17. The number of quaternary nitrogens is 1. The number of esters is 2. The van der Waals surface area contributed by atoms with Crippen molar-refractivity contribution in [2.24, 2.45) is 0 Å². The Morgan fingerprint density at radius 2 is 0.771 bits per heavy atom. The molecule has 0 aliphatic heterocycles. The van der Waals surface area contributed by atoms with Crippen molar-refractivity contribution in [3.05, 3.63) is 85.1 Å². The van der Waals surface area contributed by atoms with E-state index in [0.717, 1.165) is 77.0 Å². The van der Waals surface area contributed by atoms with Crippen LogP contribution in [0.5, 0.6) is 0 Å². The van der Waals surface area contributed by atoms with Crippen LogP contribution < -0.4 is 0 Å². The zero-order valence-electron chi connectivity index (χ0n) is 45.7. The number of allylic oxidation sites excluding steroid dienone is 14. The number of likely N-dealkylation sites (N-methyl/N-ethyl adjacent to an activating group) is 1. The summed E-state index contributed by atoms with van der Waals surface area (Å²) in [5, 5.41) is 0. The van der Waals surface area contributed by atoms with Crippen molar-refractivity contribution >= 4 is 19.8 Å². The van der Waals surface area contributed by atoms with Crippen molar-refractivity contribution in [3.8, 4) is 0 Å². The number of ether oxygens (including phenoxy) is 2. The van der Waals surface area contributed by atoms with Crippen LogP contribution in [0.3, 0.4) is 0 Å². The third-order valence-electron chi connectivity index (χ3n) is 11.9. The zero-order valence-corrected chi connectivity index (χ0v) is 46.6. The number of unbranched alkanes of at least 4 members (excludes halogenated alkanes) is 23. The largest absolute Gasteiger partial charge is 0.472 e. The molecule has 0 saturated carbocycles. The van der Waals surface area contributed by atoms with Crippen LogP contribution in [0.25, 0.3) is 0 Å². The maximum Gasteiger partial charge on any atom is 0.472 e. The van der Waals surface area contributed by atoms with E-state index >= 15 is 0 Å². The lowest BCUT2D eigenvalue weighted by Gasteiger charge is -2.24. The number of nitrogens with zero attached hydrogens (tertiary/aromatic N) is 1. The lowest BCUT2D eigenvalue weighted by molar-refractivity contribution is -0.870. The van der Waals surface area contributed by atoms with Crippen molar-refractivity contribution in [1.29, 1.82) is 0 Å². The third kappa shape index (κ3) is 54.5. The van der Waals surface area contributed by atoms with Gasteiger partial charge in [0.25, 0.3) is 0 Å². The third-order valence-corrected chi connectivity index (χ3v) is 12.9. The minimum Gasteiger partial charge on any atom is -0.462 e. The molecule has 0 aliphatic carbocycles. The van der Waals surface area contributed by atoms with E-state index in [2.05, 4.69) is 98.9 Å². The molecule has 0 aromatic rings. The van der Waals surface area contributed by atoms with E-state index in [1.807, 2.05) is 21.1 Å². The summed E-state index contributed by atoms with van der Waals surface area (Å²) in [6, 6.07) is 0. The van der Waals surface area contributed by atoms with Gasteiger partial charge >= 0.3 is 19.8 Å². The van der Waals surface area contributed by atoms with E-state index in [0.29, 0.717) is 23.9 Å². The van der Waals surface area contributed by atoms with Crippen LogP contribution in [0, 0.1) is 0 Å². The van der Waals surface area contributed by atoms with E-state index in [4.69, 9.17) is 18.5 Å². The molecule has 2 unspecified atom stereocenters. The number of phosphoric ester groups is 1. The molecule has 70 heavy (non-hydrogen) atoms. The quantitative estimate of drug-likeness (QED) is 0.0211. The van der Waals surface area contributed by atoms with Crippen LogP contribution in [0.1, 0.15) is 232 Å². The Labute approximate surface area is 431 Å². The van der Waals surface area contributed by atoms with Crippen LogP contribution in [-0.2, 0) is 32.7 Å². The standard InChI is InChI=1S/C60H106NO8P/c1-6-8-10-12-14-16-18-20-21-22-23-24-25-26-27-28-29-30-31-32-33-34-35-36-37-38-39-41-43-45-47-49-51-53-60(63)69-58(57-68-70(64,65)67-55-54-61(3,4)5)56-66-59(62)52-50-48-46-44-42-40-19-17-15-13-11-9-7-2/h8-11,14-17,20-21,23-24,40,42,58H,6-7,12-13,18-19,22,25-39,41,43-57H2,1-5H3/p+1/b10-8-,11-9-,16-14-,17-15-,21-20-,24-23-,42-40-. The van der Waals surface area contributed by atoms with E-state index in [1.54, 1.807) is 0 Å². The fourth-order valence-electron chi connectivity index (χ4n) is 7.61. The SMILES string of the molecule is CC/C=C\C/C=C\C/C=C\C/C=C\CCCCCCCCCCCCCCCCCCCCCCC(=O)OC(COC(=O)CCCCC/C=C\C/C=C\C/C=C\CC)COP(=O)(O)OCC[N+](C)(C)C. The molecule has 404 valence electrons. The van der Waals surface area contributed by atoms with Crippen LogP contribution in [-0.4, -0.2) is 74.9 Å². The molecule has 0 heterocycles. The molecule has 9 nitrogen and oxygen atoms in total. The highest BCUT2D eigenvalue weighted by molar-refractivity contribution is 7.47. The van der Waals surface area contributed by atoms with Gasteiger partial charge in [-0.2, -0.15) is 0 Å². The maximum atomic E-state index is 12.8. The first-order chi connectivity index (χ1) is 34.0. The summed E-state index contributed by atoms with van der Waals surface area (Å²) in [7, 11) is 1.46. The Bertz CT molecular complexity index is 1460. The van der Waals surface area contributed by atoms with Gasteiger partial charge in [-0.05, 0) is 83.5 Å². The summed E-state index contributed by atoms with van der Waals surface area (Å²) in [5.74, 6) is -0.830. The fraction of sp³-hybridized carbons (Fsp3) is 0.733. The van der Waals surface area contributed by atoms with Gasteiger partial charge in [0, 0.05) is 12.8 Å². The molecule has 0 aromatic heterocycles. The van der Waals surface area contributed by atoms with Crippen LogP contribution >= 0.6 is 7.82 Å². The monoisotopic (exact) mass is 1000 g/mol. The first kappa shape index (κ1) is 67.2. The molecular weight excluding hydrogens is 894 g/mol. The van der Waals surface area contributed by atoms with Gasteiger partial charge in [-0.15, -0.1) is 0 Å². The van der Waals surface area contributed by atoms with Gasteiger partial charge in [0.15, 0.2) is 6.10 Å². The Balaban J connectivity index is 4.03. The number of carbonyl (C=O) groups is 2. The van der Waals surface area contributed by atoms with E-state index in [-0.39, 0.29) is 26.1 Å². The predicted molar refractivity (Wildman–Crippen MR) is 298 cm³/mol. The fourth-order valence-corrected chi connectivity index (χ4v) is 8.35. The predicted octanol–water partition coefficient (Wildman–Crippen LogP) is 17.5. The van der Waals surface area contributed by atoms with E-state index < -0.39 is 32.5 Å². The summed E-state index contributed by atoms with van der Waals surface area (Å²) >= 11 is 0. The molecular formula is C60H107NO8P+. The van der Waals surface area contributed by atoms with Gasteiger partial charge in [-0.3, -0.25) is 18.6 Å². The smallest absolute Gasteiger partial charge is 0.462 e. The van der Waals surface area contributed by atoms with Gasteiger partial charge in [0.1, 0.15) is 19.8 Å². The van der Waals surface area contributed by atoms with Crippen molar-refractivity contribution in [2.45, 2.75) is 238 Å². The number of hydrogen-bond acceptors (Lipinski definition) is 7. The van der Waals surface area contributed by atoms with Gasteiger partial charge in [0.05, 0.1) is 27.7 Å². The van der Waals surface area contributed by atoms with Crippen LogP contribution in [0.4, 0.5) is 0 Å². The van der Waals surface area contributed by atoms with Crippen molar-refractivity contribution < 1.29 is 42.1 Å². The van der Waals surface area contributed by atoms with Crippen LogP contribution in [0.2, 0.25) is 0 Å². The first-order valence-electron chi connectivity index (χ1n) is 28.3. The summed E-state index contributed by atoms with van der Waals surface area (Å²) in [5.41, 5.74) is 0. The molecule has 0 spiro atoms. The minimum absolute atomic E-state index is 0.0248. The minimum atomic E-state index is -4.39. The number of hydrogen-bond donors (Lipinski definition) is 1. The van der Waals surface area contributed by atoms with Gasteiger partial charge in [0.2, 0.25) is 0 Å². The molecule has 0 rings (SSSR count). The summed E-state index contributed by atoms with van der Waals surface area (Å²) < 4.78 is 34.4. The Morgan fingerprint density at radius 3 is 1.16 bits per heavy atom. The van der Waals surface area contributed by atoms with Gasteiger partial charge in [-0.25, -0.2) is 4.57 Å². The van der Waals surface area contributed by atoms with Gasteiger partial charge < -0.3 is 18.9 Å². The number of rotatable bonds is 51. The highest BCUT2D eigenvalue weighted by Crippen LogP contribution is 2.43. The second kappa shape index (κ2) is 51.1. The average Bonchev–Trinajstić information content (AvgIpc) is 3.32. The Kier molecular flexibility index (Phi) is 49.1. The van der Waals surface area contributed by atoms with Crippen molar-refractivity contribution in [2.75, 3.05) is 47.5 Å². The Morgan fingerprint density at radius 1 is 0.443 bits per heavy atom. The number of phosphoric acid groups is 1. The summed E-state index contributed by atoms with van der Waals surface area (Å²) in [4.78, 5) is 35.5. The molecule has 2 atom stereocenters. The van der Waals surface area contributed by atoms with Crippen molar-refractivity contribution in [3.63, 3.8) is 0 Å². The number of carbonyl (C=O) groups excluding carboxylic acids is 2. The molecule has 0 amide bonds. The summed E-state index contributed by atoms with van der Waals surface area (Å²) in [6.07, 6.45) is 68.2. The van der Waals surface area contributed by atoms with Gasteiger partial charge in [-0.1, -0.05) is 221 Å². The molecule has 0 bridgehead atoms. The van der Waals surface area contributed by atoms with E-state index in [1.165, 1.54) is 116 Å². The topological polar surface area (TPSA) is 108 Å². The molecule has 10 heteroatoms. The lowest BCUT2D eigenvalue weighted by Crippen LogP contribution is -2.37. The second-order valence-electron chi connectivity index (χ2n) is 19.9. The molecule has 1 N–H and O–H groups in total.